The Morgan fingerprint density at radius 1 is 1.16 bits per heavy atom. The summed E-state index contributed by atoms with van der Waals surface area (Å²) in [5.41, 5.74) is 0.477. The summed E-state index contributed by atoms with van der Waals surface area (Å²) in [5.74, 6) is 0.642. The summed E-state index contributed by atoms with van der Waals surface area (Å²) in [7, 11) is 1.77. The molecule has 3 atom stereocenters. The number of piperidine rings is 1. The summed E-state index contributed by atoms with van der Waals surface area (Å²) >= 11 is 0. The first-order valence-corrected chi connectivity index (χ1v) is 8.68. The number of benzene rings is 1. The Labute approximate surface area is 148 Å². The van der Waals surface area contributed by atoms with Crippen LogP contribution in [0.15, 0.2) is 30.3 Å². The molecule has 1 unspecified atom stereocenters. The zero-order valence-electron chi connectivity index (χ0n) is 15.3. The summed E-state index contributed by atoms with van der Waals surface area (Å²) in [6.45, 7) is 7.13. The van der Waals surface area contributed by atoms with Crippen LogP contribution in [0.2, 0.25) is 0 Å². The van der Waals surface area contributed by atoms with E-state index in [0.717, 1.165) is 5.56 Å². The quantitative estimate of drug-likeness (QED) is 0.844. The Morgan fingerprint density at radius 3 is 2.32 bits per heavy atom. The Morgan fingerprint density at radius 2 is 1.76 bits per heavy atom. The second-order valence-electron chi connectivity index (χ2n) is 7.85. The van der Waals surface area contributed by atoms with Gasteiger partial charge in [-0.15, -0.1) is 0 Å². The smallest absolute Gasteiger partial charge is 0.410 e. The SMILES string of the molecule is CN(C(=O)OC(C)(C)C)C1[C@H]2CN(C(=O)OCc3ccccc3)C[C@@H]12. The molecule has 2 aliphatic rings. The van der Waals surface area contributed by atoms with E-state index in [9.17, 15) is 9.59 Å². The van der Waals surface area contributed by atoms with Crippen molar-refractivity contribution in [2.75, 3.05) is 20.1 Å². The Kier molecular flexibility index (Phi) is 4.62. The average Bonchev–Trinajstić information content (AvgIpc) is 3.04. The lowest BCUT2D eigenvalue weighted by atomic mass is 10.2. The lowest BCUT2D eigenvalue weighted by Gasteiger charge is -2.27. The van der Waals surface area contributed by atoms with Crippen LogP contribution in [0, 0.1) is 11.8 Å². The second kappa shape index (κ2) is 6.58. The van der Waals surface area contributed by atoms with E-state index in [1.54, 1.807) is 16.8 Å². The van der Waals surface area contributed by atoms with Crippen molar-refractivity contribution in [2.24, 2.45) is 11.8 Å². The molecule has 3 rings (SSSR count). The highest BCUT2D eigenvalue weighted by Gasteiger charge is 2.60. The first-order valence-electron chi connectivity index (χ1n) is 8.68. The minimum atomic E-state index is -0.497. The van der Waals surface area contributed by atoms with Gasteiger partial charge in [0.05, 0.1) is 0 Å². The first-order chi connectivity index (χ1) is 11.8. The third kappa shape index (κ3) is 4.06. The molecule has 1 saturated heterocycles. The van der Waals surface area contributed by atoms with E-state index in [1.165, 1.54) is 0 Å². The van der Waals surface area contributed by atoms with Gasteiger partial charge in [-0.2, -0.15) is 0 Å². The highest BCUT2D eigenvalue weighted by atomic mass is 16.6. The summed E-state index contributed by atoms with van der Waals surface area (Å²) in [5, 5.41) is 0. The van der Waals surface area contributed by atoms with Gasteiger partial charge in [-0.1, -0.05) is 30.3 Å². The number of carbonyl (C=O) groups excluding carboxylic acids is 2. The van der Waals surface area contributed by atoms with Gasteiger partial charge < -0.3 is 19.3 Å². The molecule has 2 amide bonds. The molecule has 1 heterocycles. The van der Waals surface area contributed by atoms with E-state index >= 15 is 0 Å². The van der Waals surface area contributed by atoms with Gasteiger partial charge in [0.2, 0.25) is 0 Å². The van der Waals surface area contributed by atoms with Crippen LogP contribution in [-0.4, -0.2) is 53.8 Å². The Balaban J connectivity index is 1.44. The maximum Gasteiger partial charge on any atom is 0.410 e. The number of likely N-dealkylation sites (tertiary alicyclic amines) is 1. The molecule has 2 fully saturated rings. The zero-order chi connectivity index (χ0) is 18.2. The van der Waals surface area contributed by atoms with E-state index in [0.29, 0.717) is 24.9 Å². The van der Waals surface area contributed by atoms with Crippen molar-refractivity contribution in [3.8, 4) is 0 Å². The minimum absolute atomic E-state index is 0.160. The molecule has 6 nitrogen and oxygen atoms in total. The van der Waals surface area contributed by atoms with E-state index in [-0.39, 0.29) is 24.8 Å². The third-order valence-electron chi connectivity index (χ3n) is 4.74. The van der Waals surface area contributed by atoms with E-state index in [2.05, 4.69) is 0 Å². The number of carbonyl (C=O) groups is 2. The van der Waals surface area contributed by atoms with Gasteiger partial charge in [-0.25, -0.2) is 9.59 Å². The van der Waals surface area contributed by atoms with Crippen molar-refractivity contribution in [2.45, 2.75) is 39.0 Å². The summed E-state index contributed by atoms with van der Waals surface area (Å²) in [6.07, 6.45) is -0.583. The van der Waals surface area contributed by atoms with Gasteiger partial charge in [0, 0.05) is 38.0 Å². The molecule has 1 aromatic carbocycles. The maximum absolute atomic E-state index is 12.2. The third-order valence-corrected chi connectivity index (χ3v) is 4.74. The molecular formula is C19H26N2O4. The van der Waals surface area contributed by atoms with Crippen LogP contribution in [-0.2, 0) is 16.1 Å². The van der Waals surface area contributed by atoms with Crippen LogP contribution in [0.1, 0.15) is 26.3 Å². The number of ether oxygens (including phenoxy) is 2. The van der Waals surface area contributed by atoms with Crippen molar-refractivity contribution < 1.29 is 19.1 Å². The highest BCUT2D eigenvalue weighted by Crippen LogP contribution is 2.48. The van der Waals surface area contributed by atoms with Crippen LogP contribution in [0.5, 0.6) is 0 Å². The molecule has 1 aliphatic carbocycles. The van der Waals surface area contributed by atoms with Crippen molar-refractivity contribution in [3.05, 3.63) is 35.9 Å². The average molecular weight is 346 g/mol. The Hall–Kier alpha value is -2.24. The molecule has 0 spiro atoms. The number of hydrogen-bond acceptors (Lipinski definition) is 4. The molecule has 25 heavy (non-hydrogen) atoms. The van der Waals surface area contributed by atoms with Gasteiger partial charge in [-0.3, -0.25) is 0 Å². The van der Waals surface area contributed by atoms with Crippen molar-refractivity contribution in [1.82, 2.24) is 9.80 Å². The fourth-order valence-corrected chi connectivity index (χ4v) is 3.48. The molecule has 1 aromatic rings. The molecule has 136 valence electrons. The minimum Gasteiger partial charge on any atom is -0.445 e. The van der Waals surface area contributed by atoms with E-state index < -0.39 is 5.60 Å². The normalized spacial score (nSPS) is 24.5. The predicted molar refractivity (Wildman–Crippen MR) is 93.0 cm³/mol. The summed E-state index contributed by atoms with van der Waals surface area (Å²) in [4.78, 5) is 27.7. The molecule has 0 radical (unpaired) electrons. The van der Waals surface area contributed by atoms with Crippen molar-refractivity contribution in [3.63, 3.8) is 0 Å². The van der Waals surface area contributed by atoms with Crippen molar-refractivity contribution in [1.29, 1.82) is 0 Å². The molecule has 0 aromatic heterocycles. The molecule has 0 bridgehead atoms. The van der Waals surface area contributed by atoms with E-state index in [4.69, 9.17) is 9.47 Å². The Bertz CT molecular complexity index is 629. The number of fused-ring (bicyclic) bond motifs is 1. The zero-order valence-corrected chi connectivity index (χ0v) is 15.3. The number of amides is 2. The van der Waals surface area contributed by atoms with Crippen LogP contribution >= 0.6 is 0 Å². The highest BCUT2D eigenvalue weighted by molar-refractivity contribution is 5.70. The van der Waals surface area contributed by atoms with Crippen LogP contribution in [0.3, 0.4) is 0 Å². The van der Waals surface area contributed by atoms with E-state index in [1.807, 2.05) is 51.1 Å². The summed E-state index contributed by atoms with van der Waals surface area (Å²) in [6, 6.07) is 9.80. The fraction of sp³-hybridized carbons (Fsp3) is 0.579. The van der Waals surface area contributed by atoms with Gasteiger partial charge >= 0.3 is 12.2 Å². The molecule has 0 N–H and O–H groups in total. The molecule has 1 aliphatic heterocycles. The van der Waals surface area contributed by atoms with Gasteiger partial charge in [0.15, 0.2) is 0 Å². The summed E-state index contributed by atoms with van der Waals surface area (Å²) < 4.78 is 10.8. The standard InChI is InChI=1S/C19H26N2O4/c1-19(2,3)25-17(22)20(4)16-14-10-21(11-15(14)16)18(23)24-12-13-8-6-5-7-9-13/h5-9,14-16H,10-12H2,1-4H3/t14-,15+,16?. The van der Waals surface area contributed by atoms with Crippen LogP contribution in [0.25, 0.3) is 0 Å². The monoisotopic (exact) mass is 346 g/mol. The largest absolute Gasteiger partial charge is 0.445 e. The lowest BCUT2D eigenvalue weighted by Crippen LogP contribution is -2.40. The number of rotatable bonds is 3. The number of hydrogen-bond donors (Lipinski definition) is 0. The van der Waals surface area contributed by atoms with Gasteiger partial charge in [-0.05, 0) is 26.3 Å². The topological polar surface area (TPSA) is 59.1 Å². The number of nitrogens with zero attached hydrogens (tertiary/aromatic N) is 2. The lowest BCUT2D eigenvalue weighted by molar-refractivity contribution is 0.0255. The maximum atomic E-state index is 12.2. The van der Waals surface area contributed by atoms with Crippen molar-refractivity contribution >= 4 is 12.2 Å². The molecule has 6 heteroatoms. The predicted octanol–water partition coefficient (Wildman–Crippen LogP) is 3.12. The van der Waals surface area contributed by atoms with Gasteiger partial charge in [0.25, 0.3) is 0 Å². The molecular weight excluding hydrogens is 320 g/mol. The van der Waals surface area contributed by atoms with Crippen LogP contribution < -0.4 is 0 Å². The fourth-order valence-electron chi connectivity index (χ4n) is 3.48. The van der Waals surface area contributed by atoms with Gasteiger partial charge in [0.1, 0.15) is 12.2 Å². The van der Waals surface area contributed by atoms with Crippen LogP contribution in [0.4, 0.5) is 9.59 Å². The first kappa shape index (κ1) is 17.6. The molecule has 1 saturated carbocycles. The second-order valence-corrected chi connectivity index (χ2v) is 7.85.